The van der Waals surface area contributed by atoms with Gasteiger partial charge in [-0.3, -0.25) is 4.79 Å². The molecule has 0 aromatic heterocycles. The van der Waals surface area contributed by atoms with Crippen LogP contribution < -0.4 is 0 Å². The van der Waals surface area contributed by atoms with Crippen LogP contribution in [0, 0.1) is 0 Å². The molecule has 0 saturated carbocycles. The largest absolute Gasteiger partial charge is 0.478 e. The zero-order valence-corrected chi connectivity index (χ0v) is 11.3. The molecule has 0 aromatic carbocycles. The third kappa shape index (κ3) is 12.1. The van der Waals surface area contributed by atoms with Crippen LogP contribution in [-0.4, -0.2) is 36.2 Å². The van der Waals surface area contributed by atoms with Gasteiger partial charge in [0.1, 0.15) is 13.2 Å². The second-order valence-corrected chi connectivity index (χ2v) is 3.54. The molecular formula is C14H18O6. The van der Waals surface area contributed by atoms with Crippen molar-refractivity contribution in [3.8, 4) is 0 Å². The van der Waals surface area contributed by atoms with Crippen LogP contribution in [0.25, 0.3) is 0 Å². The van der Waals surface area contributed by atoms with Gasteiger partial charge in [-0.25, -0.2) is 9.59 Å². The third-order valence-corrected chi connectivity index (χ3v) is 1.91. The quantitative estimate of drug-likeness (QED) is 0.299. The molecule has 0 aliphatic rings. The van der Waals surface area contributed by atoms with Crippen LogP contribution in [-0.2, 0) is 23.9 Å². The van der Waals surface area contributed by atoms with Crippen molar-refractivity contribution in [1.82, 2.24) is 0 Å². The first-order valence-electron chi connectivity index (χ1n) is 6.05. The van der Waals surface area contributed by atoms with Crippen molar-refractivity contribution in [3.05, 3.63) is 36.5 Å². The Kier molecular flexibility index (Phi) is 10.3. The molecule has 0 rings (SSSR count). The van der Waals surface area contributed by atoms with Crippen LogP contribution in [0.5, 0.6) is 0 Å². The van der Waals surface area contributed by atoms with E-state index in [9.17, 15) is 14.4 Å². The maximum absolute atomic E-state index is 11.2. The number of esters is 2. The summed E-state index contributed by atoms with van der Waals surface area (Å²) in [6, 6.07) is 0. The van der Waals surface area contributed by atoms with Crippen molar-refractivity contribution in [2.45, 2.75) is 19.8 Å². The van der Waals surface area contributed by atoms with E-state index in [0.29, 0.717) is 6.08 Å². The summed E-state index contributed by atoms with van der Waals surface area (Å²) in [6.45, 7) is 1.74. The van der Waals surface area contributed by atoms with Crippen molar-refractivity contribution in [1.29, 1.82) is 0 Å². The van der Waals surface area contributed by atoms with Gasteiger partial charge in [-0.2, -0.15) is 0 Å². The summed E-state index contributed by atoms with van der Waals surface area (Å²) in [5.74, 6) is -2.45. The molecule has 0 fully saturated rings. The van der Waals surface area contributed by atoms with E-state index in [-0.39, 0.29) is 19.6 Å². The fourth-order valence-corrected chi connectivity index (χ4v) is 1.03. The molecular weight excluding hydrogens is 264 g/mol. The van der Waals surface area contributed by atoms with Gasteiger partial charge in [-0.1, -0.05) is 24.3 Å². The average molecular weight is 282 g/mol. The monoisotopic (exact) mass is 282 g/mol. The molecule has 0 unspecified atom stereocenters. The summed E-state index contributed by atoms with van der Waals surface area (Å²) in [5, 5.41) is 8.27. The van der Waals surface area contributed by atoms with Crippen molar-refractivity contribution in [2.75, 3.05) is 13.2 Å². The Balaban J connectivity index is 3.64. The molecule has 0 saturated heterocycles. The van der Waals surface area contributed by atoms with E-state index in [4.69, 9.17) is 9.84 Å². The SMILES string of the molecule is C/C=C\C/C=C\CC(=O)OCCOC(=O)/C=C/C(=O)O. The molecule has 0 heterocycles. The van der Waals surface area contributed by atoms with Gasteiger partial charge < -0.3 is 14.6 Å². The van der Waals surface area contributed by atoms with Gasteiger partial charge in [0.15, 0.2) is 0 Å². The number of hydrogen-bond donors (Lipinski definition) is 1. The van der Waals surface area contributed by atoms with Crippen molar-refractivity contribution in [2.24, 2.45) is 0 Å². The van der Waals surface area contributed by atoms with Crippen LogP contribution in [0.2, 0.25) is 0 Å². The molecule has 20 heavy (non-hydrogen) atoms. The summed E-state index contributed by atoms with van der Waals surface area (Å²) >= 11 is 0. The van der Waals surface area contributed by atoms with Gasteiger partial charge in [0.05, 0.1) is 6.42 Å². The summed E-state index contributed by atoms with van der Waals surface area (Å²) in [4.78, 5) is 32.3. The smallest absolute Gasteiger partial charge is 0.331 e. The van der Waals surface area contributed by atoms with Crippen LogP contribution in [0.3, 0.4) is 0 Å². The first-order valence-corrected chi connectivity index (χ1v) is 6.05. The number of aliphatic carboxylic acids is 1. The van der Waals surface area contributed by atoms with E-state index >= 15 is 0 Å². The lowest BCUT2D eigenvalue weighted by atomic mass is 10.3. The minimum absolute atomic E-state index is 0.0613. The van der Waals surface area contributed by atoms with Crippen molar-refractivity contribution < 1.29 is 29.0 Å². The maximum atomic E-state index is 11.2. The summed E-state index contributed by atoms with van der Waals surface area (Å²) in [7, 11) is 0. The lowest BCUT2D eigenvalue weighted by molar-refractivity contribution is -0.149. The Morgan fingerprint density at radius 2 is 1.70 bits per heavy atom. The predicted octanol–water partition coefficient (Wildman–Crippen LogP) is 1.63. The van der Waals surface area contributed by atoms with Crippen LogP contribution in [0.1, 0.15) is 19.8 Å². The zero-order chi connectivity index (χ0) is 15.2. The molecule has 0 aliphatic carbocycles. The van der Waals surface area contributed by atoms with E-state index < -0.39 is 17.9 Å². The van der Waals surface area contributed by atoms with Gasteiger partial charge in [0.2, 0.25) is 0 Å². The molecule has 0 bridgehead atoms. The summed E-state index contributed by atoms with van der Waals surface area (Å²) in [6.07, 6.45) is 9.78. The number of rotatable bonds is 9. The van der Waals surface area contributed by atoms with Gasteiger partial charge in [-0.15, -0.1) is 0 Å². The Hall–Kier alpha value is -2.37. The number of carboxylic acid groups (broad SMARTS) is 1. The van der Waals surface area contributed by atoms with Gasteiger partial charge in [0, 0.05) is 12.2 Å². The third-order valence-electron chi connectivity index (χ3n) is 1.91. The molecule has 0 atom stereocenters. The van der Waals surface area contributed by atoms with Gasteiger partial charge in [-0.05, 0) is 13.3 Å². The lowest BCUT2D eigenvalue weighted by Crippen LogP contribution is -2.12. The van der Waals surface area contributed by atoms with Crippen LogP contribution >= 0.6 is 0 Å². The molecule has 6 nitrogen and oxygen atoms in total. The highest BCUT2D eigenvalue weighted by Crippen LogP contribution is 1.93. The van der Waals surface area contributed by atoms with Gasteiger partial charge >= 0.3 is 17.9 Å². The minimum Gasteiger partial charge on any atom is -0.478 e. The Morgan fingerprint density at radius 1 is 1.00 bits per heavy atom. The molecule has 0 aliphatic heterocycles. The van der Waals surface area contributed by atoms with E-state index in [1.54, 1.807) is 6.08 Å². The fourth-order valence-electron chi connectivity index (χ4n) is 1.03. The Labute approximate surface area is 117 Å². The Bertz CT molecular complexity index is 406. The molecule has 6 heteroatoms. The Morgan fingerprint density at radius 3 is 2.35 bits per heavy atom. The topological polar surface area (TPSA) is 89.9 Å². The first kappa shape index (κ1) is 17.6. The average Bonchev–Trinajstić information content (AvgIpc) is 2.41. The van der Waals surface area contributed by atoms with Gasteiger partial charge in [0.25, 0.3) is 0 Å². The maximum Gasteiger partial charge on any atom is 0.331 e. The van der Waals surface area contributed by atoms with Crippen molar-refractivity contribution in [3.63, 3.8) is 0 Å². The lowest BCUT2D eigenvalue weighted by Gasteiger charge is -2.03. The van der Waals surface area contributed by atoms with Crippen LogP contribution in [0.4, 0.5) is 0 Å². The van der Waals surface area contributed by atoms with Crippen molar-refractivity contribution >= 4 is 17.9 Å². The number of carbonyl (C=O) groups is 3. The molecule has 0 aromatic rings. The molecule has 1 N–H and O–H groups in total. The van der Waals surface area contributed by atoms with E-state index in [2.05, 4.69) is 4.74 Å². The summed E-state index contributed by atoms with van der Waals surface area (Å²) < 4.78 is 9.41. The normalized spacial score (nSPS) is 11.2. The highest BCUT2D eigenvalue weighted by atomic mass is 16.6. The number of allylic oxidation sites excluding steroid dienone is 3. The van der Waals surface area contributed by atoms with E-state index in [0.717, 1.165) is 12.5 Å². The molecule has 0 amide bonds. The number of carbonyl (C=O) groups excluding carboxylic acids is 2. The fraction of sp³-hybridized carbons (Fsp3) is 0.357. The number of carboxylic acids is 1. The molecule has 0 spiro atoms. The molecule has 0 radical (unpaired) electrons. The highest BCUT2D eigenvalue weighted by molar-refractivity contribution is 5.90. The first-order chi connectivity index (χ1) is 9.56. The zero-order valence-electron chi connectivity index (χ0n) is 11.3. The van der Waals surface area contributed by atoms with E-state index in [1.807, 2.05) is 25.2 Å². The highest BCUT2D eigenvalue weighted by Gasteiger charge is 2.01. The number of hydrogen-bond acceptors (Lipinski definition) is 5. The second kappa shape index (κ2) is 11.7. The minimum atomic E-state index is -1.24. The second-order valence-electron chi connectivity index (χ2n) is 3.54. The number of ether oxygens (including phenoxy) is 2. The van der Waals surface area contributed by atoms with E-state index in [1.165, 1.54) is 0 Å². The predicted molar refractivity (Wildman–Crippen MR) is 71.9 cm³/mol. The van der Waals surface area contributed by atoms with Crippen LogP contribution in [0.15, 0.2) is 36.5 Å². The standard InChI is InChI=1S/C14H18O6/c1-2-3-4-5-6-7-13(17)19-10-11-20-14(18)9-8-12(15)16/h2-3,5-6,8-9H,4,7,10-11H2,1H3,(H,15,16)/b3-2-,6-5-,9-8+. The molecule has 110 valence electrons. The summed E-state index contributed by atoms with van der Waals surface area (Å²) in [5.41, 5.74) is 0.